The molecule has 2 atom stereocenters. The van der Waals surface area contributed by atoms with Crippen LogP contribution in [0.5, 0.6) is 0 Å². The zero-order valence-corrected chi connectivity index (χ0v) is 24.0. The Hall–Kier alpha value is -3.63. The summed E-state index contributed by atoms with van der Waals surface area (Å²) in [6, 6.07) is 4.99. The summed E-state index contributed by atoms with van der Waals surface area (Å²) in [6.07, 6.45) is 0.242. The van der Waals surface area contributed by atoms with E-state index in [4.69, 9.17) is 15.2 Å². The Morgan fingerprint density at radius 1 is 1.08 bits per heavy atom. The van der Waals surface area contributed by atoms with Crippen LogP contribution in [0.3, 0.4) is 0 Å². The molecule has 11 heteroatoms. The quantitative estimate of drug-likeness (QED) is 0.284. The highest BCUT2D eigenvalue weighted by atomic mass is 16.6. The van der Waals surface area contributed by atoms with Gasteiger partial charge in [-0.1, -0.05) is 43.2 Å². The molecule has 0 heterocycles. The van der Waals surface area contributed by atoms with E-state index in [2.05, 4.69) is 10.6 Å². The van der Waals surface area contributed by atoms with E-state index in [-0.39, 0.29) is 39.0 Å². The van der Waals surface area contributed by atoms with Crippen molar-refractivity contribution >= 4 is 29.8 Å². The molecule has 0 saturated heterocycles. The number of benzene rings is 1. The molecule has 4 N–H and O–H groups in total. The summed E-state index contributed by atoms with van der Waals surface area (Å²) in [4.78, 5) is 64.9. The van der Waals surface area contributed by atoms with Gasteiger partial charge in [-0.3, -0.25) is 19.2 Å². The summed E-state index contributed by atoms with van der Waals surface area (Å²) in [5, 5.41) is 5.30. The third-order valence-electron chi connectivity index (χ3n) is 5.56. The fourth-order valence-corrected chi connectivity index (χ4v) is 3.82. The molecule has 0 spiro atoms. The van der Waals surface area contributed by atoms with Crippen LogP contribution in [0.25, 0.3) is 0 Å². The van der Waals surface area contributed by atoms with Crippen molar-refractivity contribution in [3.05, 3.63) is 35.4 Å². The summed E-state index contributed by atoms with van der Waals surface area (Å²) < 4.78 is 10.3. The number of carbonyl (C=O) groups excluding carboxylic acids is 5. The van der Waals surface area contributed by atoms with Crippen LogP contribution in [0, 0.1) is 6.92 Å². The van der Waals surface area contributed by atoms with Gasteiger partial charge in [-0.2, -0.15) is 0 Å². The largest absolute Gasteiger partial charge is 0.466 e. The molecule has 39 heavy (non-hydrogen) atoms. The van der Waals surface area contributed by atoms with Gasteiger partial charge in [0, 0.05) is 19.5 Å². The second-order valence-electron chi connectivity index (χ2n) is 10.3. The van der Waals surface area contributed by atoms with E-state index >= 15 is 0 Å². The molecule has 11 nitrogen and oxygen atoms in total. The Labute approximate surface area is 231 Å². The van der Waals surface area contributed by atoms with Crippen molar-refractivity contribution in [1.82, 2.24) is 15.5 Å². The molecule has 1 rings (SSSR count). The Bertz CT molecular complexity index is 990. The lowest BCUT2D eigenvalue weighted by Crippen LogP contribution is -2.53. The average Bonchev–Trinajstić information content (AvgIpc) is 2.82. The number of ether oxygens (including phenoxy) is 2. The fraction of sp³-hybridized carbons (Fsp3) is 0.607. The highest BCUT2D eigenvalue weighted by Crippen LogP contribution is 2.25. The summed E-state index contributed by atoms with van der Waals surface area (Å²) in [7, 11) is 0. The van der Waals surface area contributed by atoms with Crippen molar-refractivity contribution in [2.45, 2.75) is 91.3 Å². The minimum Gasteiger partial charge on any atom is -0.466 e. The minimum absolute atomic E-state index is 0.0234. The zero-order chi connectivity index (χ0) is 29.6. The van der Waals surface area contributed by atoms with E-state index < -0.39 is 47.5 Å². The van der Waals surface area contributed by atoms with E-state index in [1.807, 2.05) is 26.0 Å². The number of carbonyl (C=O) groups is 5. The van der Waals surface area contributed by atoms with E-state index in [1.54, 1.807) is 39.8 Å². The monoisotopic (exact) mass is 548 g/mol. The van der Waals surface area contributed by atoms with E-state index in [1.165, 1.54) is 4.90 Å². The van der Waals surface area contributed by atoms with Crippen molar-refractivity contribution in [3.63, 3.8) is 0 Å². The lowest BCUT2D eigenvalue weighted by molar-refractivity contribution is -0.144. The second-order valence-corrected chi connectivity index (χ2v) is 10.3. The molecule has 0 fully saturated rings. The topological polar surface area (TPSA) is 157 Å². The average molecular weight is 549 g/mol. The standard InChI is InChI=1S/C28H44N4O7/c1-7-9-17-32(26(36)21(13-14-22(29)33)31-27(37)39-28(4,5)6)24(20-12-10-11-19(3)18-20)25(35)30-16-15-23(34)38-8-2/h10-12,18,21,24H,7-9,13-17H2,1-6H3,(H2,29,33)(H,30,35)(H,31,37). The molecule has 218 valence electrons. The van der Waals surface area contributed by atoms with Crippen molar-refractivity contribution in [2.24, 2.45) is 5.73 Å². The molecule has 1 aromatic carbocycles. The van der Waals surface area contributed by atoms with Gasteiger partial charge < -0.3 is 30.7 Å². The number of amides is 4. The number of alkyl carbamates (subject to hydrolysis) is 1. The Morgan fingerprint density at radius 3 is 2.33 bits per heavy atom. The van der Waals surface area contributed by atoms with Crippen LogP contribution in [0.1, 0.15) is 83.9 Å². The zero-order valence-electron chi connectivity index (χ0n) is 24.0. The molecular formula is C28H44N4O7. The number of esters is 1. The van der Waals surface area contributed by atoms with Gasteiger partial charge in [-0.05, 0) is 53.0 Å². The van der Waals surface area contributed by atoms with Crippen LogP contribution in [-0.2, 0) is 28.7 Å². The summed E-state index contributed by atoms with van der Waals surface area (Å²) in [6.45, 7) is 11.1. The normalized spacial score (nSPS) is 12.6. The van der Waals surface area contributed by atoms with Gasteiger partial charge in [0.05, 0.1) is 13.0 Å². The Kier molecular flexibility index (Phi) is 14.0. The molecule has 1 aromatic rings. The summed E-state index contributed by atoms with van der Waals surface area (Å²) in [5.74, 6) is -2.12. The number of primary amides is 1. The van der Waals surface area contributed by atoms with Crippen LogP contribution in [-0.4, -0.2) is 66.0 Å². The molecule has 2 unspecified atom stereocenters. The maximum absolute atomic E-state index is 14.0. The predicted molar refractivity (Wildman–Crippen MR) is 146 cm³/mol. The first-order chi connectivity index (χ1) is 18.3. The number of nitrogens with one attached hydrogen (secondary N) is 2. The highest BCUT2D eigenvalue weighted by molar-refractivity contribution is 5.92. The van der Waals surface area contributed by atoms with E-state index in [0.29, 0.717) is 12.0 Å². The summed E-state index contributed by atoms with van der Waals surface area (Å²) >= 11 is 0. The lowest BCUT2D eigenvalue weighted by Gasteiger charge is -2.34. The number of nitrogens with zero attached hydrogens (tertiary/aromatic N) is 1. The van der Waals surface area contributed by atoms with Crippen molar-refractivity contribution in [1.29, 1.82) is 0 Å². The molecule has 0 saturated carbocycles. The van der Waals surface area contributed by atoms with Gasteiger partial charge in [0.1, 0.15) is 17.7 Å². The SMILES string of the molecule is CCCCN(C(=O)C(CCC(N)=O)NC(=O)OC(C)(C)C)C(C(=O)NCCC(=O)OCC)c1cccc(C)c1. The van der Waals surface area contributed by atoms with Crippen molar-refractivity contribution < 1.29 is 33.4 Å². The number of aryl methyl sites for hydroxylation is 1. The Balaban J connectivity index is 3.41. The number of rotatable bonds is 15. The van der Waals surface area contributed by atoms with Crippen molar-refractivity contribution in [2.75, 3.05) is 19.7 Å². The third kappa shape index (κ3) is 12.6. The van der Waals surface area contributed by atoms with Gasteiger partial charge in [0.2, 0.25) is 17.7 Å². The van der Waals surface area contributed by atoms with E-state index in [0.717, 1.165) is 12.0 Å². The first-order valence-electron chi connectivity index (χ1n) is 13.4. The lowest BCUT2D eigenvalue weighted by atomic mass is 9.99. The number of hydrogen-bond acceptors (Lipinski definition) is 7. The van der Waals surface area contributed by atoms with Gasteiger partial charge in [0.25, 0.3) is 0 Å². The van der Waals surface area contributed by atoms with Crippen LogP contribution in [0.15, 0.2) is 24.3 Å². The first-order valence-corrected chi connectivity index (χ1v) is 13.4. The summed E-state index contributed by atoms with van der Waals surface area (Å²) in [5.41, 5.74) is 5.98. The molecule has 4 amide bonds. The van der Waals surface area contributed by atoms with Gasteiger partial charge in [0.15, 0.2) is 0 Å². The van der Waals surface area contributed by atoms with Gasteiger partial charge >= 0.3 is 12.1 Å². The van der Waals surface area contributed by atoms with Gasteiger partial charge in [-0.15, -0.1) is 0 Å². The maximum Gasteiger partial charge on any atom is 0.408 e. The maximum atomic E-state index is 14.0. The van der Waals surface area contributed by atoms with Crippen LogP contribution in [0.4, 0.5) is 4.79 Å². The molecule has 0 aliphatic carbocycles. The molecule has 0 aromatic heterocycles. The third-order valence-corrected chi connectivity index (χ3v) is 5.56. The molecular weight excluding hydrogens is 504 g/mol. The number of hydrogen-bond donors (Lipinski definition) is 3. The second kappa shape index (κ2) is 16.4. The smallest absolute Gasteiger partial charge is 0.408 e. The van der Waals surface area contributed by atoms with Crippen LogP contribution in [0.2, 0.25) is 0 Å². The Morgan fingerprint density at radius 2 is 1.77 bits per heavy atom. The molecule has 0 radical (unpaired) electrons. The van der Waals surface area contributed by atoms with Crippen LogP contribution >= 0.6 is 0 Å². The molecule has 0 aliphatic rings. The minimum atomic E-state index is -1.16. The number of unbranched alkanes of at least 4 members (excludes halogenated alkanes) is 1. The predicted octanol–water partition coefficient (Wildman–Crippen LogP) is 2.89. The van der Waals surface area contributed by atoms with Gasteiger partial charge in [-0.25, -0.2) is 4.79 Å². The van der Waals surface area contributed by atoms with Crippen LogP contribution < -0.4 is 16.4 Å². The van der Waals surface area contributed by atoms with Crippen molar-refractivity contribution in [3.8, 4) is 0 Å². The molecule has 0 aliphatic heterocycles. The molecule has 0 bridgehead atoms. The highest BCUT2D eigenvalue weighted by Gasteiger charge is 2.36. The first kappa shape index (κ1) is 33.4. The van der Waals surface area contributed by atoms with E-state index in [9.17, 15) is 24.0 Å². The number of nitrogens with two attached hydrogens (primary N) is 1. The fourth-order valence-electron chi connectivity index (χ4n) is 3.82.